The first-order valence-corrected chi connectivity index (χ1v) is 13.4. The van der Waals surface area contributed by atoms with Crippen molar-refractivity contribution in [1.29, 1.82) is 0 Å². The van der Waals surface area contributed by atoms with Crippen molar-refractivity contribution < 1.29 is 0 Å². The number of hydrogen-bond acceptors (Lipinski definition) is 5. The third-order valence-corrected chi connectivity index (χ3v) is 8.18. The molecule has 0 aliphatic carbocycles. The Balaban J connectivity index is 1.78. The van der Waals surface area contributed by atoms with Gasteiger partial charge in [-0.05, 0) is 52.3 Å². The maximum absolute atomic E-state index is 4.93. The second-order valence-electron chi connectivity index (χ2n) is 10.5. The molecule has 0 unspecified atom stereocenters. The maximum Gasteiger partial charge on any atom is 0.197 e. The van der Waals surface area contributed by atoms with Crippen LogP contribution in [0.1, 0.15) is 71.9 Å². The summed E-state index contributed by atoms with van der Waals surface area (Å²) in [5, 5.41) is 9.67. The summed E-state index contributed by atoms with van der Waals surface area (Å²) < 4.78 is 0. The van der Waals surface area contributed by atoms with Crippen LogP contribution in [0.25, 0.3) is 22.4 Å². The van der Waals surface area contributed by atoms with Crippen molar-refractivity contribution in [2.45, 2.75) is 71.6 Å². The zero-order valence-electron chi connectivity index (χ0n) is 21.5. The number of guanidine groups is 1. The molecule has 0 radical (unpaired) electrons. The van der Waals surface area contributed by atoms with Crippen LogP contribution in [0.15, 0.2) is 52.8 Å². The fourth-order valence-corrected chi connectivity index (χ4v) is 4.98. The van der Waals surface area contributed by atoms with E-state index in [1.807, 2.05) is 0 Å². The molecule has 4 rings (SSSR count). The van der Waals surface area contributed by atoms with Crippen LogP contribution in [-0.2, 0) is 10.8 Å². The van der Waals surface area contributed by atoms with Gasteiger partial charge in [0.2, 0.25) is 0 Å². The lowest BCUT2D eigenvalue weighted by Crippen LogP contribution is -2.35. The SMILES string of the molecule is CCC(C)(C)c1ccc(-c2ccccc2-c2csc(NC3=NCCCN3)n2)c(C(C)(C)CC)c1. The van der Waals surface area contributed by atoms with Crippen LogP contribution in [0.3, 0.4) is 0 Å². The molecule has 1 aliphatic rings. The minimum atomic E-state index is 0.0713. The molecule has 2 aromatic carbocycles. The zero-order chi connectivity index (χ0) is 24.3. The summed E-state index contributed by atoms with van der Waals surface area (Å²) in [6.45, 7) is 15.8. The van der Waals surface area contributed by atoms with E-state index < -0.39 is 0 Å². The molecule has 2 N–H and O–H groups in total. The summed E-state index contributed by atoms with van der Waals surface area (Å²) in [6, 6.07) is 15.8. The van der Waals surface area contributed by atoms with Crippen LogP contribution in [0, 0.1) is 0 Å². The summed E-state index contributed by atoms with van der Waals surface area (Å²) in [5.41, 5.74) is 7.76. The van der Waals surface area contributed by atoms with Gasteiger partial charge in [-0.25, -0.2) is 4.98 Å². The topological polar surface area (TPSA) is 49.3 Å². The zero-order valence-corrected chi connectivity index (χ0v) is 22.3. The van der Waals surface area contributed by atoms with Gasteiger partial charge in [0.25, 0.3) is 0 Å². The third kappa shape index (κ3) is 5.05. The summed E-state index contributed by atoms with van der Waals surface area (Å²) in [5.74, 6) is 0.821. The molecule has 3 aromatic rings. The highest BCUT2D eigenvalue weighted by Gasteiger charge is 2.27. The Morgan fingerprint density at radius 1 is 0.941 bits per heavy atom. The molecule has 1 aliphatic heterocycles. The molecule has 0 atom stereocenters. The number of nitrogens with one attached hydrogen (secondary N) is 2. The van der Waals surface area contributed by atoms with Gasteiger partial charge < -0.3 is 10.6 Å². The van der Waals surface area contributed by atoms with Gasteiger partial charge >= 0.3 is 0 Å². The standard InChI is InChI=1S/C29H38N4S/c1-7-28(3,4)20-14-15-22(24(18-20)29(5,6)8-2)21-12-9-10-13-23(21)25-19-34-27(32-25)33-26-30-16-11-17-31-26/h9-10,12-15,18-19H,7-8,11,16-17H2,1-6H3,(H2,30,31,32,33). The number of nitrogens with zero attached hydrogens (tertiary/aromatic N) is 2. The van der Waals surface area contributed by atoms with Crippen LogP contribution >= 0.6 is 11.3 Å². The highest BCUT2D eigenvalue weighted by molar-refractivity contribution is 7.14. The Morgan fingerprint density at radius 3 is 2.35 bits per heavy atom. The molecule has 0 fully saturated rings. The van der Waals surface area contributed by atoms with E-state index in [0.29, 0.717) is 0 Å². The highest BCUT2D eigenvalue weighted by Crippen LogP contribution is 2.42. The summed E-state index contributed by atoms with van der Waals surface area (Å²) in [6.07, 6.45) is 3.27. The molecular weight excluding hydrogens is 436 g/mol. The lowest BCUT2D eigenvalue weighted by molar-refractivity contribution is 0.489. The van der Waals surface area contributed by atoms with Crippen molar-refractivity contribution in [2.24, 2.45) is 4.99 Å². The summed E-state index contributed by atoms with van der Waals surface area (Å²) >= 11 is 1.62. The largest absolute Gasteiger partial charge is 0.356 e. The first-order chi connectivity index (χ1) is 16.2. The Kier molecular flexibility index (Phi) is 7.13. The van der Waals surface area contributed by atoms with Gasteiger partial charge in [-0.3, -0.25) is 4.99 Å². The molecule has 1 aromatic heterocycles. The number of benzene rings is 2. The molecule has 2 heterocycles. The highest BCUT2D eigenvalue weighted by atomic mass is 32.1. The number of anilines is 1. The average molecular weight is 475 g/mol. The van der Waals surface area contributed by atoms with Crippen molar-refractivity contribution >= 4 is 22.4 Å². The smallest absolute Gasteiger partial charge is 0.197 e. The number of hydrogen-bond donors (Lipinski definition) is 2. The van der Waals surface area contributed by atoms with Crippen molar-refractivity contribution in [3.8, 4) is 22.4 Å². The van der Waals surface area contributed by atoms with E-state index in [0.717, 1.165) is 49.1 Å². The number of aromatic nitrogens is 1. The second kappa shape index (κ2) is 9.91. The third-order valence-electron chi connectivity index (χ3n) is 7.42. The fourth-order valence-electron chi connectivity index (χ4n) is 4.27. The molecule has 0 saturated heterocycles. The maximum atomic E-state index is 4.93. The van der Waals surface area contributed by atoms with Gasteiger partial charge in [-0.15, -0.1) is 11.3 Å². The van der Waals surface area contributed by atoms with Gasteiger partial charge in [0.15, 0.2) is 11.1 Å². The van der Waals surface area contributed by atoms with Crippen LogP contribution < -0.4 is 10.6 Å². The van der Waals surface area contributed by atoms with Crippen LogP contribution in [0.5, 0.6) is 0 Å². The van der Waals surface area contributed by atoms with Gasteiger partial charge in [0.05, 0.1) is 5.69 Å². The molecule has 180 valence electrons. The van der Waals surface area contributed by atoms with E-state index in [1.54, 1.807) is 11.3 Å². The molecule has 0 saturated carbocycles. The molecular formula is C29H38N4S. The molecule has 0 amide bonds. The molecule has 0 bridgehead atoms. The monoisotopic (exact) mass is 474 g/mol. The normalized spacial score (nSPS) is 14.5. The van der Waals surface area contributed by atoms with Gasteiger partial charge in [0, 0.05) is 24.0 Å². The number of rotatable bonds is 7. The van der Waals surface area contributed by atoms with Gasteiger partial charge in [-0.2, -0.15) is 0 Å². The second-order valence-corrected chi connectivity index (χ2v) is 11.3. The van der Waals surface area contributed by atoms with Crippen molar-refractivity contribution in [1.82, 2.24) is 10.3 Å². The molecule has 5 heteroatoms. The predicted octanol–water partition coefficient (Wildman–Crippen LogP) is 7.61. The van der Waals surface area contributed by atoms with Crippen LogP contribution in [0.2, 0.25) is 0 Å². The first-order valence-electron chi connectivity index (χ1n) is 12.5. The summed E-state index contributed by atoms with van der Waals surface area (Å²) in [4.78, 5) is 9.45. The molecule has 0 spiro atoms. The Bertz CT molecular complexity index is 1170. The van der Waals surface area contributed by atoms with Crippen molar-refractivity contribution in [2.75, 3.05) is 18.4 Å². The molecule has 4 nitrogen and oxygen atoms in total. The van der Waals surface area contributed by atoms with Crippen LogP contribution in [0.4, 0.5) is 5.13 Å². The van der Waals surface area contributed by atoms with E-state index in [-0.39, 0.29) is 10.8 Å². The van der Waals surface area contributed by atoms with Crippen LogP contribution in [-0.4, -0.2) is 24.0 Å². The Morgan fingerprint density at radius 2 is 1.68 bits per heavy atom. The Labute approximate surface area is 209 Å². The lowest BCUT2D eigenvalue weighted by Gasteiger charge is -2.31. The van der Waals surface area contributed by atoms with Gasteiger partial charge in [-0.1, -0.05) is 84.0 Å². The summed E-state index contributed by atoms with van der Waals surface area (Å²) in [7, 11) is 0. The molecule has 34 heavy (non-hydrogen) atoms. The van der Waals surface area contributed by atoms with E-state index in [9.17, 15) is 0 Å². The number of thiazole rings is 1. The van der Waals surface area contributed by atoms with E-state index in [1.165, 1.54) is 27.8 Å². The fraction of sp³-hybridized carbons (Fsp3) is 0.448. The minimum absolute atomic E-state index is 0.0713. The van der Waals surface area contributed by atoms with E-state index >= 15 is 0 Å². The van der Waals surface area contributed by atoms with Crippen molar-refractivity contribution in [3.05, 3.63) is 59.0 Å². The Hall–Kier alpha value is -2.66. The van der Waals surface area contributed by atoms with Gasteiger partial charge in [0.1, 0.15) is 0 Å². The average Bonchev–Trinajstić information content (AvgIpc) is 3.32. The minimum Gasteiger partial charge on any atom is -0.356 e. The lowest BCUT2D eigenvalue weighted by atomic mass is 9.73. The predicted molar refractivity (Wildman–Crippen MR) is 148 cm³/mol. The quantitative estimate of drug-likeness (QED) is 0.370. The van der Waals surface area contributed by atoms with E-state index in [2.05, 4.69) is 105 Å². The first kappa shape index (κ1) is 24.5. The van der Waals surface area contributed by atoms with Crippen molar-refractivity contribution in [3.63, 3.8) is 0 Å². The van der Waals surface area contributed by atoms with E-state index in [4.69, 9.17) is 4.98 Å². The number of aliphatic imine (C=N–C) groups is 1.